The molecule has 0 N–H and O–H groups in total. The molecule has 1 aromatic carbocycles. The highest BCUT2D eigenvalue weighted by Crippen LogP contribution is 2.20. The van der Waals surface area contributed by atoms with E-state index in [2.05, 4.69) is 36.9 Å². The molecule has 25 heavy (non-hydrogen) atoms. The molecule has 2 fully saturated rings. The van der Waals surface area contributed by atoms with Crippen LogP contribution in [0.3, 0.4) is 0 Å². The number of aryl methyl sites for hydroxylation is 2. The molecule has 3 rings (SSSR count). The van der Waals surface area contributed by atoms with E-state index in [1.165, 1.54) is 11.1 Å². The lowest BCUT2D eigenvalue weighted by molar-refractivity contribution is -0.132. The fraction of sp³-hybridized carbons (Fsp3) is 0.632. The summed E-state index contributed by atoms with van der Waals surface area (Å²) in [5, 5.41) is 0. The van der Waals surface area contributed by atoms with Crippen molar-refractivity contribution in [3.8, 4) is 0 Å². The van der Waals surface area contributed by atoms with Gasteiger partial charge in [0, 0.05) is 32.2 Å². The lowest BCUT2D eigenvalue weighted by atomic mass is 10.00. The average Bonchev–Trinajstić information content (AvgIpc) is 2.58. The van der Waals surface area contributed by atoms with Crippen LogP contribution in [0.25, 0.3) is 0 Å². The van der Waals surface area contributed by atoms with E-state index >= 15 is 0 Å². The summed E-state index contributed by atoms with van der Waals surface area (Å²) in [7, 11) is -2.83. The van der Waals surface area contributed by atoms with Crippen molar-refractivity contribution < 1.29 is 13.2 Å². The minimum Gasteiger partial charge on any atom is -0.342 e. The van der Waals surface area contributed by atoms with Gasteiger partial charge in [0.25, 0.3) is 0 Å². The molecule has 0 radical (unpaired) electrons. The van der Waals surface area contributed by atoms with Crippen LogP contribution in [0.4, 0.5) is 0 Å². The third-order valence-corrected chi connectivity index (χ3v) is 7.17. The first kappa shape index (κ1) is 18.4. The molecule has 2 saturated heterocycles. The van der Waals surface area contributed by atoms with Gasteiger partial charge in [-0.15, -0.1) is 0 Å². The van der Waals surface area contributed by atoms with Gasteiger partial charge in [0.1, 0.15) is 0 Å². The molecule has 1 aromatic rings. The summed E-state index contributed by atoms with van der Waals surface area (Å²) in [6.45, 7) is 6.94. The number of nitrogens with zero attached hydrogens (tertiary/aromatic N) is 2. The van der Waals surface area contributed by atoms with Gasteiger partial charge < -0.3 is 4.90 Å². The SMILES string of the molecule is Cc1ccc(C)c(CC(=O)N2CCC(N3CCS(=O)(=O)CC3)CC2)c1. The predicted octanol–water partition coefficient (Wildman–Crippen LogP) is 1.57. The van der Waals surface area contributed by atoms with Gasteiger partial charge in [-0.2, -0.15) is 0 Å². The molecule has 0 aromatic heterocycles. The fourth-order valence-electron chi connectivity index (χ4n) is 3.84. The summed E-state index contributed by atoms with van der Waals surface area (Å²) in [6, 6.07) is 6.68. The standard InChI is InChI=1S/C19H28N2O3S/c1-15-3-4-16(2)17(13-15)14-19(22)21-7-5-18(6-8-21)20-9-11-25(23,24)12-10-20/h3-4,13,18H,5-12,14H2,1-2H3. The molecule has 138 valence electrons. The van der Waals surface area contributed by atoms with Crippen LogP contribution in [-0.4, -0.2) is 67.9 Å². The van der Waals surface area contributed by atoms with E-state index in [0.717, 1.165) is 31.5 Å². The molecule has 0 spiro atoms. The van der Waals surface area contributed by atoms with Gasteiger partial charge in [0.15, 0.2) is 9.84 Å². The molecular formula is C19H28N2O3S. The third kappa shape index (κ3) is 4.61. The largest absolute Gasteiger partial charge is 0.342 e. The summed E-state index contributed by atoms with van der Waals surface area (Å²) in [5.74, 6) is 0.755. The average molecular weight is 365 g/mol. The number of benzene rings is 1. The Labute approximate surface area is 150 Å². The topological polar surface area (TPSA) is 57.7 Å². The summed E-state index contributed by atoms with van der Waals surface area (Å²) < 4.78 is 23.1. The Hall–Kier alpha value is -1.40. The lowest BCUT2D eigenvalue weighted by Gasteiger charge is -2.40. The highest BCUT2D eigenvalue weighted by Gasteiger charge is 2.30. The minimum absolute atomic E-state index is 0.202. The van der Waals surface area contributed by atoms with Crippen LogP contribution in [0, 0.1) is 13.8 Å². The lowest BCUT2D eigenvalue weighted by Crippen LogP contribution is -2.51. The van der Waals surface area contributed by atoms with E-state index in [0.29, 0.717) is 25.6 Å². The van der Waals surface area contributed by atoms with Crippen molar-refractivity contribution in [3.05, 3.63) is 34.9 Å². The van der Waals surface area contributed by atoms with Crippen molar-refractivity contribution >= 4 is 15.7 Å². The van der Waals surface area contributed by atoms with E-state index in [1.54, 1.807) is 0 Å². The first-order chi connectivity index (χ1) is 11.8. The number of carbonyl (C=O) groups excluding carboxylic acids is 1. The van der Waals surface area contributed by atoms with Crippen LogP contribution in [0.5, 0.6) is 0 Å². The molecule has 2 heterocycles. The molecular weight excluding hydrogens is 336 g/mol. The quantitative estimate of drug-likeness (QED) is 0.817. The molecule has 1 amide bonds. The Kier molecular flexibility index (Phi) is 5.49. The summed E-state index contributed by atoms with van der Waals surface area (Å²) >= 11 is 0. The van der Waals surface area contributed by atoms with Crippen LogP contribution in [0.15, 0.2) is 18.2 Å². The van der Waals surface area contributed by atoms with Gasteiger partial charge in [-0.05, 0) is 37.8 Å². The van der Waals surface area contributed by atoms with Gasteiger partial charge in [0.05, 0.1) is 17.9 Å². The van der Waals surface area contributed by atoms with E-state index in [-0.39, 0.29) is 17.4 Å². The monoisotopic (exact) mass is 364 g/mol. The van der Waals surface area contributed by atoms with Crippen LogP contribution in [0.2, 0.25) is 0 Å². The highest BCUT2D eigenvalue weighted by molar-refractivity contribution is 7.91. The Balaban J connectivity index is 1.52. The molecule has 2 aliphatic heterocycles. The molecule has 0 aliphatic carbocycles. The van der Waals surface area contributed by atoms with Crippen molar-refractivity contribution in [1.82, 2.24) is 9.80 Å². The Morgan fingerprint density at radius 2 is 1.72 bits per heavy atom. The van der Waals surface area contributed by atoms with Crippen LogP contribution in [-0.2, 0) is 21.1 Å². The van der Waals surface area contributed by atoms with Crippen molar-refractivity contribution in [1.29, 1.82) is 0 Å². The maximum atomic E-state index is 12.6. The van der Waals surface area contributed by atoms with Gasteiger partial charge in [-0.1, -0.05) is 23.8 Å². The summed E-state index contributed by atoms with van der Waals surface area (Å²) in [6.07, 6.45) is 2.36. The maximum Gasteiger partial charge on any atom is 0.227 e. The molecule has 0 saturated carbocycles. The van der Waals surface area contributed by atoms with Gasteiger partial charge in [-0.3, -0.25) is 9.69 Å². The van der Waals surface area contributed by atoms with Gasteiger partial charge in [0.2, 0.25) is 5.91 Å². The van der Waals surface area contributed by atoms with Crippen LogP contribution >= 0.6 is 0 Å². The van der Waals surface area contributed by atoms with Crippen molar-refractivity contribution in [2.45, 2.75) is 39.2 Å². The predicted molar refractivity (Wildman–Crippen MR) is 99.4 cm³/mol. The molecule has 0 atom stereocenters. The molecule has 5 nitrogen and oxygen atoms in total. The van der Waals surface area contributed by atoms with Crippen LogP contribution in [0.1, 0.15) is 29.5 Å². The molecule has 6 heteroatoms. The smallest absolute Gasteiger partial charge is 0.227 e. The number of carbonyl (C=O) groups is 1. The summed E-state index contributed by atoms with van der Waals surface area (Å²) in [5.41, 5.74) is 3.48. The zero-order valence-electron chi connectivity index (χ0n) is 15.2. The number of amides is 1. The normalized spacial score (nSPS) is 22.1. The zero-order chi connectivity index (χ0) is 18.0. The Bertz CT molecular complexity index is 723. The Morgan fingerprint density at radius 1 is 1.08 bits per heavy atom. The Morgan fingerprint density at radius 3 is 2.36 bits per heavy atom. The van der Waals surface area contributed by atoms with Crippen molar-refractivity contribution in [3.63, 3.8) is 0 Å². The second kappa shape index (κ2) is 7.46. The van der Waals surface area contributed by atoms with E-state index in [4.69, 9.17) is 0 Å². The van der Waals surface area contributed by atoms with E-state index in [1.807, 2.05) is 4.90 Å². The number of hydrogen-bond donors (Lipinski definition) is 0. The maximum absolute atomic E-state index is 12.6. The van der Waals surface area contributed by atoms with Gasteiger partial charge >= 0.3 is 0 Å². The molecule has 2 aliphatic rings. The van der Waals surface area contributed by atoms with E-state index < -0.39 is 9.84 Å². The molecule has 0 unspecified atom stereocenters. The third-order valence-electron chi connectivity index (χ3n) is 5.56. The highest BCUT2D eigenvalue weighted by atomic mass is 32.2. The second-order valence-electron chi connectivity index (χ2n) is 7.41. The van der Waals surface area contributed by atoms with Crippen molar-refractivity contribution in [2.75, 3.05) is 37.7 Å². The summed E-state index contributed by atoms with van der Waals surface area (Å²) in [4.78, 5) is 16.9. The first-order valence-corrected chi connectivity index (χ1v) is 10.9. The number of piperidine rings is 1. The minimum atomic E-state index is -2.83. The molecule has 0 bridgehead atoms. The fourth-order valence-corrected chi connectivity index (χ4v) is 5.07. The number of likely N-dealkylation sites (tertiary alicyclic amines) is 1. The van der Waals surface area contributed by atoms with Gasteiger partial charge in [-0.25, -0.2) is 8.42 Å². The number of hydrogen-bond acceptors (Lipinski definition) is 4. The first-order valence-electron chi connectivity index (χ1n) is 9.12. The van der Waals surface area contributed by atoms with E-state index in [9.17, 15) is 13.2 Å². The van der Waals surface area contributed by atoms with Crippen LogP contribution < -0.4 is 0 Å². The second-order valence-corrected chi connectivity index (χ2v) is 9.71. The zero-order valence-corrected chi connectivity index (χ0v) is 16.0. The number of rotatable bonds is 3. The number of sulfone groups is 1. The van der Waals surface area contributed by atoms with Crippen molar-refractivity contribution in [2.24, 2.45) is 0 Å².